The molecule has 1 aromatic rings. The summed E-state index contributed by atoms with van der Waals surface area (Å²) >= 11 is 0. The third-order valence-electron chi connectivity index (χ3n) is 5.31. The van der Waals surface area contributed by atoms with Gasteiger partial charge in [0.15, 0.2) is 18.5 Å². The van der Waals surface area contributed by atoms with Crippen molar-refractivity contribution in [2.24, 2.45) is 5.73 Å². The molecule has 0 spiro atoms. The van der Waals surface area contributed by atoms with Crippen LogP contribution in [0, 0.1) is 0 Å². The van der Waals surface area contributed by atoms with Gasteiger partial charge in [-0.2, -0.15) is 0 Å². The number of rotatable bonds is 13. The van der Waals surface area contributed by atoms with Crippen LogP contribution in [0.1, 0.15) is 64.9 Å². The number of carbonyl (C=O) groups excluding carboxylic acids is 2. The molecule has 1 aromatic carbocycles. The van der Waals surface area contributed by atoms with Gasteiger partial charge in [-0.05, 0) is 31.9 Å². The van der Waals surface area contributed by atoms with E-state index in [9.17, 15) is 9.59 Å². The Kier molecular flexibility index (Phi) is 11.4. The zero-order valence-electron chi connectivity index (χ0n) is 19.5. The van der Waals surface area contributed by atoms with Gasteiger partial charge in [-0.25, -0.2) is 9.59 Å². The van der Waals surface area contributed by atoms with E-state index in [1.165, 1.54) is 19.3 Å². The summed E-state index contributed by atoms with van der Waals surface area (Å²) in [4.78, 5) is 24.9. The molecular formula is C25H37NO6. The van der Waals surface area contributed by atoms with Crippen LogP contribution in [0.2, 0.25) is 0 Å². The second-order valence-electron chi connectivity index (χ2n) is 7.81. The Hall–Kier alpha value is -2.22. The van der Waals surface area contributed by atoms with Crippen molar-refractivity contribution in [2.75, 3.05) is 13.2 Å². The second-order valence-corrected chi connectivity index (χ2v) is 7.81. The SMILES string of the molecule is CCCCCCCC(N)/C(=C\c1ccccc1)C1OC(C(=O)OCC)C(C(=O)OCC)O1. The number of esters is 2. The van der Waals surface area contributed by atoms with Gasteiger partial charge in [0.25, 0.3) is 0 Å². The van der Waals surface area contributed by atoms with Crippen LogP contribution >= 0.6 is 0 Å². The highest BCUT2D eigenvalue weighted by Gasteiger charge is 2.48. The maximum absolute atomic E-state index is 12.4. The highest BCUT2D eigenvalue weighted by atomic mass is 16.8. The number of unbranched alkanes of at least 4 members (excludes halogenated alkanes) is 4. The molecule has 1 fully saturated rings. The Balaban J connectivity index is 2.24. The molecule has 0 saturated carbocycles. The molecule has 0 amide bonds. The van der Waals surface area contributed by atoms with E-state index in [0.29, 0.717) is 5.57 Å². The van der Waals surface area contributed by atoms with Crippen LogP contribution in [-0.4, -0.2) is 49.7 Å². The van der Waals surface area contributed by atoms with E-state index in [0.717, 1.165) is 24.8 Å². The maximum atomic E-state index is 12.4. The molecule has 7 heteroatoms. The lowest BCUT2D eigenvalue weighted by atomic mass is 9.98. The van der Waals surface area contributed by atoms with Crippen LogP contribution < -0.4 is 5.73 Å². The van der Waals surface area contributed by atoms with Gasteiger partial charge in [-0.15, -0.1) is 0 Å². The molecule has 3 unspecified atom stereocenters. The quantitative estimate of drug-likeness (QED) is 0.361. The predicted octanol–water partition coefficient (Wildman–Crippen LogP) is 3.99. The van der Waals surface area contributed by atoms with E-state index in [1.807, 2.05) is 36.4 Å². The summed E-state index contributed by atoms with van der Waals surface area (Å²) in [7, 11) is 0. The smallest absolute Gasteiger partial charge is 0.338 e. The summed E-state index contributed by atoms with van der Waals surface area (Å²) in [6.07, 6.45) is 4.96. The fraction of sp³-hybridized carbons (Fsp3) is 0.600. The van der Waals surface area contributed by atoms with Gasteiger partial charge in [0.1, 0.15) is 0 Å². The lowest BCUT2D eigenvalue weighted by molar-refractivity contribution is -0.163. The number of benzene rings is 1. The lowest BCUT2D eigenvalue weighted by Gasteiger charge is -2.21. The minimum Gasteiger partial charge on any atom is -0.464 e. The zero-order valence-corrected chi connectivity index (χ0v) is 19.5. The number of hydrogen-bond acceptors (Lipinski definition) is 7. The van der Waals surface area contributed by atoms with Gasteiger partial charge in [0.2, 0.25) is 0 Å². The second kappa shape index (κ2) is 14.0. The monoisotopic (exact) mass is 447 g/mol. The Morgan fingerprint density at radius 2 is 1.50 bits per heavy atom. The van der Waals surface area contributed by atoms with Crippen LogP contribution in [0.5, 0.6) is 0 Å². The van der Waals surface area contributed by atoms with E-state index in [4.69, 9.17) is 24.7 Å². The molecule has 2 rings (SSSR count). The molecule has 1 heterocycles. The molecule has 7 nitrogen and oxygen atoms in total. The average molecular weight is 448 g/mol. The van der Waals surface area contributed by atoms with Gasteiger partial charge in [0, 0.05) is 11.6 Å². The first-order valence-electron chi connectivity index (χ1n) is 11.7. The average Bonchev–Trinajstić information content (AvgIpc) is 3.24. The summed E-state index contributed by atoms with van der Waals surface area (Å²) in [6.45, 7) is 5.91. The Morgan fingerprint density at radius 1 is 0.938 bits per heavy atom. The van der Waals surface area contributed by atoms with Crippen LogP contribution in [-0.2, 0) is 28.5 Å². The Labute approximate surface area is 191 Å². The number of ether oxygens (including phenoxy) is 4. The molecule has 0 aliphatic carbocycles. The van der Waals surface area contributed by atoms with Crippen molar-refractivity contribution in [3.05, 3.63) is 41.5 Å². The third kappa shape index (κ3) is 7.73. The largest absolute Gasteiger partial charge is 0.464 e. The Morgan fingerprint density at radius 3 is 2.03 bits per heavy atom. The summed E-state index contributed by atoms with van der Waals surface area (Å²) in [5.74, 6) is -1.31. The van der Waals surface area contributed by atoms with Gasteiger partial charge < -0.3 is 24.7 Å². The van der Waals surface area contributed by atoms with Gasteiger partial charge in [-0.3, -0.25) is 0 Å². The van der Waals surface area contributed by atoms with Crippen molar-refractivity contribution in [3.8, 4) is 0 Å². The summed E-state index contributed by atoms with van der Waals surface area (Å²) in [6, 6.07) is 9.35. The third-order valence-corrected chi connectivity index (χ3v) is 5.31. The molecule has 0 radical (unpaired) electrons. The highest BCUT2D eigenvalue weighted by Crippen LogP contribution is 2.30. The van der Waals surface area contributed by atoms with Gasteiger partial charge in [0.05, 0.1) is 13.2 Å². The number of carbonyl (C=O) groups is 2. The van der Waals surface area contributed by atoms with E-state index in [-0.39, 0.29) is 19.3 Å². The van der Waals surface area contributed by atoms with Crippen molar-refractivity contribution in [1.29, 1.82) is 0 Å². The first-order chi connectivity index (χ1) is 15.5. The first kappa shape index (κ1) is 26.0. The standard InChI is InChI=1S/C25H37NO6/c1-4-7-8-9-13-16-20(26)19(17-18-14-11-10-12-15-18)25-31-21(23(27)29-5-2)22(32-25)24(28)30-6-3/h10-12,14-15,17,20-22,25H,4-9,13,16,26H2,1-3H3/b19-17+. The minimum absolute atomic E-state index is 0.170. The highest BCUT2D eigenvalue weighted by molar-refractivity contribution is 5.86. The topological polar surface area (TPSA) is 97.1 Å². The van der Waals surface area contributed by atoms with Crippen molar-refractivity contribution in [2.45, 2.75) is 83.8 Å². The molecule has 1 aliphatic rings. The molecule has 0 aromatic heterocycles. The molecule has 2 N–H and O–H groups in total. The summed E-state index contributed by atoms with van der Waals surface area (Å²) in [5.41, 5.74) is 8.18. The fourth-order valence-corrected chi connectivity index (χ4v) is 3.63. The molecule has 0 bridgehead atoms. The van der Waals surface area contributed by atoms with Crippen molar-refractivity contribution in [3.63, 3.8) is 0 Å². The van der Waals surface area contributed by atoms with Crippen LogP contribution in [0.4, 0.5) is 0 Å². The number of nitrogens with two attached hydrogens (primary N) is 1. The van der Waals surface area contributed by atoms with E-state index >= 15 is 0 Å². The van der Waals surface area contributed by atoms with E-state index in [2.05, 4.69) is 6.92 Å². The molecule has 1 saturated heterocycles. The normalized spacial score (nSPS) is 21.9. The Bertz CT molecular complexity index is 709. The van der Waals surface area contributed by atoms with Crippen LogP contribution in [0.25, 0.3) is 6.08 Å². The van der Waals surface area contributed by atoms with E-state index in [1.54, 1.807) is 13.8 Å². The van der Waals surface area contributed by atoms with Crippen molar-refractivity contribution >= 4 is 18.0 Å². The zero-order chi connectivity index (χ0) is 23.3. The number of hydrogen-bond donors (Lipinski definition) is 1. The molecule has 178 valence electrons. The summed E-state index contributed by atoms with van der Waals surface area (Å²) in [5, 5.41) is 0. The van der Waals surface area contributed by atoms with Crippen molar-refractivity contribution < 1.29 is 28.5 Å². The minimum atomic E-state index is -1.20. The van der Waals surface area contributed by atoms with Crippen molar-refractivity contribution in [1.82, 2.24) is 0 Å². The summed E-state index contributed by atoms with van der Waals surface area (Å²) < 4.78 is 22.0. The molecular weight excluding hydrogens is 410 g/mol. The maximum Gasteiger partial charge on any atom is 0.338 e. The van der Waals surface area contributed by atoms with Crippen LogP contribution in [0.15, 0.2) is 35.9 Å². The fourth-order valence-electron chi connectivity index (χ4n) is 3.63. The molecule has 3 atom stereocenters. The van der Waals surface area contributed by atoms with Gasteiger partial charge >= 0.3 is 11.9 Å². The predicted molar refractivity (Wildman–Crippen MR) is 123 cm³/mol. The van der Waals surface area contributed by atoms with E-state index < -0.39 is 30.4 Å². The van der Waals surface area contributed by atoms with Crippen LogP contribution in [0.3, 0.4) is 0 Å². The molecule has 1 aliphatic heterocycles. The van der Waals surface area contributed by atoms with Gasteiger partial charge in [-0.1, -0.05) is 69.4 Å². The molecule has 32 heavy (non-hydrogen) atoms. The first-order valence-corrected chi connectivity index (χ1v) is 11.7. The lowest BCUT2D eigenvalue weighted by Crippen LogP contribution is -2.39.